The number of carbonyl (C=O) groups is 6. The minimum Gasteiger partial charge on any atom is -0.505 e. The van der Waals surface area contributed by atoms with Crippen molar-refractivity contribution in [3.05, 3.63) is 59.7 Å². The van der Waals surface area contributed by atoms with Crippen LogP contribution in [0.15, 0.2) is 48.5 Å². The van der Waals surface area contributed by atoms with Crippen LogP contribution in [0.2, 0.25) is 0 Å². The molecule has 0 radical (unpaired) electrons. The van der Waals surface area contributed by atoms with Gasteiger partial charge in [-0.2, -0.15) is 0 Å². The van der Waals surface area contributed by atoms with Gasteiger partial charge in [-0.1, -0.05) is 50.2 Å². The molecule has 7 atom stereocenters. The van der Waals surface area contributed by atoms with E-state index in [-0.39, 0.29) is 17.7 Å². The van der Waals surface area contributed by atoms with Crippen molar-refractivity contribution in [2.24, 2.45) is 11.3 Å². The third-order valence-electron chi connectivity index (χ3n) is 8.22. The highest BCUT2D eigenvalue weighted by molar-refractivity contribution is 6.01. The zero-order valence-electron chi connectivity index (χ0n) is 27.6. The van der Waals surface area contributed by atoms with Crippen LogP contribution in [0.4, 0.5) is 5.69 Å². The smallest absolute Gasteiger partial charge is 0.348 e. The number of nitrogens with one attached hydrogen (secondary N) is 2. The summed E-state index contributed by atoms with van der Waals surface area (Å²) < 4.78 is 22.2. The first-order chi connectivity index (χ1) is 22.6. The van der Waals surface area contributed by atoms with Crippen LogP contribution in [0.5, 0.6) is 5.75 Å². The molecule has 14 nitrogen and oxygen atoms in total. The standard InChI is InChI=1S/C34H42N2O12/c1-7-18(2)27-32(43)45-19(3)25(36-29(40)22-14-11-15-23(26(22)38)35-17-37)31(42)46-20(4)30(41)47-24(16-21-12-9-8-10-13-21)28(39)34(5,6)33(44)48-27/h8-15,17-20,24-25,27-28,38-39H,7,16H2,1-6H3,(H,35,37)(H,36,40)/t18-,19-,20-,24+,25-,27-,28-/m0/s1. The number of carbonyl (C=O) groups excluding carboxylic acids is 6. The highest BCUT2D eigenvalue weighted by Gasteiger charge is 2.47. The molecule has 0 aliphatic carbocycles. The predicted molar refractivity (Wildman–Crippen MR) is 169 cm³/mol. The second kappa shape index (κ2) is 16.2. The monoisotopic (exact) mass is 670 g/mol. The number of aliphatic hydroxyl groups excluding tert-OH is 1. The van der Waals surface area contributed by atoms with Gasteiger partial charge in [-0.05, 0) is 51.8 Å². The Hall–Kier alpha value is -4.98. The number of amides is 2. The third kappa shape index (κ3) is 8.88. The summed E-state index contributed by atoms with van der Waals surface area (Å²) in [7, 11) is 0. The van der Waals surface area contributed by atoms with Gasteiger partial charge in [-0.15, -0.1) is 0 Å². The van der Waals surface area contributed by atoms with Gasteiger partial charge in [-0.25, -0.2) is 14.4 Å². The van der Waals surface area contributed by atoms with Crippen LogP contribution in [-0.4, -0.2) is 83.0 Å². The second-order valence-corrected chi connectivity index (χ2v) is 12.2. The van der Waals surface area contributed by atoms with Gasteiger partial charge in [-0.3, -0.25) is 14.4 Å². The van der Waals surface area contributed by atoms with Crippen molar-refractivity contribution in [2.45, 2.75) is 90.9 Å². The molecule has 1 aliphatic rings. The molecule has 0 spiro atoms. The first-order valence-corrected chi connectivity index (χ1v) is 15.5. The number of aromatic hydroxyl groups is 1. The lowest BCUT2D eigenvalue weighted by molar-refractivity contribution is -0.190. The number of para-hydroxylation sites is 1. The third-order valence-corrected chi connectivity index (χ3v) is 8.22. The normalized spacial score (nSPS) is 25.9. The Morgan fingerprint density at radius 2 is 1.60 bits per heavy atom. The maximum atomic E-state index is 13.6. The minimum atomic E-state index is -1.75. The molecule has 1 aliphatic heterocycles. The van der Waals surface area contributed by atoms with Crippen LogP contribution in [0.25, 0.3) is 0 Å². The van der Waals surface area contributed by atoms with E-state index in [1.165, 1.54) is 45.9 Å². The molecule has 4 N–H and O–H groups in total. The first-order valence-electron chi connectivity index (χ1n) is 15.5. The Morgan fingerprint density at radius 1 is 0.938 bits per heavy atom. The van der Waals surface area contributed by atoms with E-state index >= 15 is 0 Å². The van der Waals surface area contributed by atoms with Crippen molar-refractivity contribution in [1.82, 2.24) is 5.32 Å². The van der Waals surface area contributed by atoms with Crippen molar-refractivity contribution in [3.63, 3.8) is 0 Å². The summed E-state index contributed by atoms with van der Waals surface area (Å²) in [5, 5.41) is 26.6. The summed E-state index contributed by atoms with van der Waals surface area (Å²) in [5.74, 6) is -6.50. The molecule has 0 bridgehead atoms. The van der Waals surface area contributed by atoms with Gasteiger partial charge in [0.1, 0.15) is 18.3 Å². The Bertz CT molecular complexity index is 1490. The van der Waals surface area contributed by atoms with Gasteiger partial charge < -0.3 is 39.8 Å². The topological polar surface area (TPSA) is 204 Å². The second-order valence-electron chi connectivity index (χ2n) is 12.2. The van der Waals surface area contributed by atoms with Crippen LogP contribution < -0.4 is 10.6 Å². The Kier molecular flexibility index (Phi) is 12.7. The molecular formula is C34H42N2O12. The molecule has 2 amide bonds. The first kappa shape index (κ1) is 37.5. The van der Waals surface area contributed by atoms with Crippen molar-refractivity contribution in [3.8, 4) is 5.75 Å². The van der Waals surface area contributed by atoms with Gasteiger partial charge in [0.25, 0.3) is 5.91 Å². The van der Waals surface area contributed by atoms with E-state index in [4.69, 9.17) is 18.9 Å². The molecule has 0 saturated carbocycles. The number of benzene rings is 2. The van der Waals surface area contributed by atoms with Crippen LogP contribution in [-0.2, 0) is 49.3 Å². The number of hydrogen-bond acceptors (Lipinski definition) is 12. The number of rotatable bonds is 8. The summed E-state index contributed by atoms with van der Waals surface area (Å²) in [4.78, 5) is 78.1. The van der Waals surface area contributed by atoms with Crippen molar-refractivity contribution >= 4 is 41.9 Å². The lowest BCUT2D eigenvalue weighted by atomic mass is 9.81. The highest BCUT2D eigenvalue weighted by atomic mass is 16.6. The number of phenolic OH excluding ortho intramolecular Hbond substituents is 1. The molecule has 2 aromatic rings. The number of aliphatic hydroxyl groups is 1. The average molecular weight is 671 g/mol. The number of phenols is 1. The van der Waals surface area contributed by atoms with Gasteiger partial charge in [0.15, 0.2) is 17.9 Å². The molecule has 3 rings (SSSR count). The lowest BCUT2D eigenvalue weighted by Gasteiger charge is -2.35. The Balaban J connectivity index is 2.05. The molecule has 0 unspecified atom stereocenters. The SMILES string of the molecule is CC[C@H](C)[C@@H]1OC(=O)C(C)(C)[C@@H](O)[C@@H](Cc2ccccc2)OC(=O)[C@H](C)OC(=O)[C@@H](NC(=O)c2cccc(NC=O)c2O)[C@H](C)OC1=O. The summed E-state index contributed by atoms with van der Waals surface area (Å²) in [5.41, 5.74) is -1.48. The minimum absolute atomic E-state index is 0.0286. The van der Waals surface area contributed by atoms with E-state index < -0.39 is 83.4 Å². The van der Waals surface area contributed by atoms with E-state index in [0.717, 1.165) is 0 Å². The summed E-state index contributed by atoms with van der Waals surface area (Å²) in [6, 6.07) is 10.9. The molecule has 1 fully saturated rings. The lowest BCUT2D eigenvalue weighted by Crippen LogP contribution is -2.52. The van der Waals surface area contributed by atoms with E-state index in [2.05, 4.69) is 10.6 Å². The van der Waals surface area contributed by atoms with E-state index in [9.17, 15) is 39.0 Å². The van der Waals surface area contributed by atoms with Crippen LogP contribution in [0.1, 0.15) is 63.9 Å². The molecular weight excluding hydrogens is 628 g/mol. The van der Waals surface area contributed by atoms with Crippen molar-refractivity contribution in [1.29, 1.82) is 0 Å². The zero-order chi connectivity index (χ0) is 35.8. The van der Waals surface area contributed by atoms with Crippen molar-refractivity contribution < 1.29 is 57.9 Å². The maximum Gasteiger partial charge on any atom is 0.348 e. The van der Waals surface area contributed by atoms with Crippen LogP contribution in [0, 0.1) is 11.3 Å². The quantitative estimate of drug-likeness (QED) is 0.138. The molecule has 2 aromatic carbocycles. The summed E-state index contributed by atoms with van der Waals surface area (Å²) in [6.45, 7) is 8.64. The number of hydrogen-bond donors (Lipinski definition) is 4. The highest BCUT2D eigenvalue weighted by Crippen LogP contribution is 2.31. The molecule has 1 heterocycles. The van der Waals surface area contributed by atoms with E-state index in [1.54, 1.807) is 44.2 Å². The fourth-order valence-corrected chi connectivity index (χ4v) is 4.88. The summed E-state index contributed by atoms with van der Waals surface area (Å²) >= 11 is 0. The van der Waals surface area contributed by atoms with Crippen LogP contribution in [0.3, 0.4) is 0 Å². The largest absolute Gasteiger partial charge is 0.505 e. The fraction of sp³-hybridized carbons (Fsp3) is 0.471. The molecule has 48 heavy (non-hydrogen) atoms. The fourth-order valence-electron chi connectivity index (χ4n) is 4.88. The number of esters is 4. The van der Waals surface area contributed by atoms with Gasteiger partial charge in [0.05, 0.1) is 16.7 Å². The number of ether oxygens (including phenoxy) is 4. The van der Waals surface area contributed by atoms with Gasteiger partial charge in [0, 0.05) is 12.3 Å². The molecule has 0 aromatic heterocycles. The van der Waals surface area contributed by atoms with E-state index in [1.807, 2.05) is 0 Å². The molecule has 260 valence electrons. The maximum absolute atomic E-state index is 13.6. The van der Waals surface area contributed by atoms with Crippen molar-refractivity contribution in [2.75, 3.05) is 5.32 Å². The van der Waals surface area contributed by atoms with Gasteiger partial charge >= 0.3 is 23.9 Å². The number of anilines is 1. The predicted octanol–water partition coefficient (Wildman–Crippen LogP) is 2.44. The average Bonchev–Trinajstić information content (AvgIpc) is 3.05. The molecule has 14 heteroatoms. The Morgan fingerprint density at radius 3 is 2.23 bits per heavy atom. The number of cyclic esters (lactones) is 4. The van der Waals surface area contributed by atoms with E-state index in [0.29, 0.717) is 18.4 Å². The van der Waals surface area contributed by atoms with Gasteiger partial charge in [0.2, 0.25) is 12.5 Å². The van der Waals surface area contributed by atoms with Crippen LogP contribution >= 0.6 is 0 Å². The zero-order valence-corrected chi connectivity index (χ0v) is 27.6. The Labute approximate surface area is 278 Å². The molecule has 1 saturated heterocycles. The summed E-state index contributed by atoms with van der Waals surface area (Å²) in [6.07, 6.45) is -6.88.